The van der Waals surface area contributed by atoms with E-state index in [-0.39, 0.29) is 52.7 Å². The first-order chi connectivity index (χ1) is 18.8. The third-order valence-corrected chi connectivity index (χ3v) is 4.64. The van der Waals surface area contributed by atoms with Crippen molar-refractivity contribution in [1.82, 2.24) is 0 Å². The number of carbonyl (C=O) groups excluding carboxylic acids is 4. The van der Waals surface area contributed by atoms with Crippen molar-refractivity contribution in [3.05, 3.63) is 54.1 Å². The van der Waals surface area contributed by atoms with Gasteiger partial charge in [0.25, 0.3) is 0 Å². The Hall–Kier alpha value is -4.36. The highest BCUT2D eigenvalue weighted by atomic mass is 16.6. The molecule has 0 spiro atoms. The number of amides is 1. The normalized spacial score (nSPS) is 11.1. The quantitative estimate of drug-likeness (QED) is 0.155. The molecule has 0 saturated heterocycles. The van der Waals surface area contributed by atoms with Crippen LogP contribution in [0, 0.1) is 0 Å². The Morgan fingerprint density at radius 2 is 1.33 bits per heavy atom. The number of anilines is 1. The Kier molecular flexibility index (Phi) is 13.6. The van der Waals surface area contributed by atoms with Gasteiger partial charge in [-0.15, -0.1) is 0 Å². The summed E-state index contributed by atoms with van der Waals surface area (Å²) in [5.41, 5.74) is 1.11. The molecule has 2 aromatic carbocycles. The van der Waals surface area contributed by atoms with Crippen LogP contribution < -0.4 is 14.8 Å². The van der Waals surface area contributed by atoms with Gasteiger partial charge in [-0.2, -0.15) is 0 Å². The van der Waals surface area contributed by atoms with Crippen molar-refractivity contribution in [3.8, 4) is 11.5 Å². The summed E-state index contributed by atoms with van der Waals surface area (Å²) in [6.07, 6.45) is -1.61. The molecule has 3 N–H and O–H groups in total. The first-order valence-corrected chi connectivity index (χ1v) is 11.9. The summed E-state index contributed by atoms with van der Waals surface area (Å²) < 4.78 is 30.3. The molecule has 0 fully saturated rings. The van der Waals surface area contributed by atoms with Crippen molar-refractivity contribution >= 4 is 29.7 Å². The van der Waals surface area contributed by atoms with Gasteiger partial charge in [0.2, 0.25) is 0 Å². The zero-order valence-corrected chi connectivity index (χ0v) is 21.3. The third kappa shape index (κ3) is 12.6. The number of esters is 3. The van der Waals surface area contributed by atoms with Gasteiger partial charge >= 0.3 is 24.0 Å². The summed E-state index contributed by atoms with van der Waals surface area (Å²) in [5.74, 6) is -1.06. The number of rotatable bonds is 16. The topological polar surface area (TPSA) is 176 Å². The predicted molar refractivity (Wildman–Crippen MR) is 134 cm³/mol. The maximum atomic E-state index is 12.1. The molecule has 0 bridgehead atoms. The first-order valence-electron chi connectivity index (χ1n) is 11.9. The van der Waals surface area contributed by atoms with E-state index in [1.165, 1.54) is 31.2 Å². The predicted octanol–water partition coefficient (Wildman–Crippen LogP) is 1.24. The second kappa shape index (κ2) is 17.2. The number of carbonyl (C=O) groups is 4. The van der Waals surface area contributed by atoms with Gasteiger partial charge in [0.1, 0.15) is 37.9 Å². The molecular weight excluding hydrogens is 518 g/mol. The average molecular weight is 550 g/mol. The molecule has 0 aliphatic carbocycles. The van der Waals surface area contributed by atoms with E-state index in [2.05, 4.69) is 10.1 Å². The maximum absolute atomic E-state index is 12.1. The molecule has 1 amide bonds. The monoisotopic (exact) mass is 549 g/mol. The molecule has 0 aliphatic heterocycles. The minimum absolute atomic E-state index is 0.0378. The lowest BCUT2D eigenvalue weighted by molar-refractivity contribution is -0.157. The fourth-order valence-corrected chi connectivity index (χ4v) is 2.84. The molecule has 0 saturated carbocycles. The summed E-state index contributed by atoms with van der Waals surface area (Å²) in [4.78, 5) is 47.0. The molecule has 0 heterocycles. The lowest BCUT2D eigenvalue weighted by atomic mass is 10.1. The van der Waals surface area contributed by atoms with E-state index in [4.69, 9.17) is 33.9 Å². The highest BCUT2D eigenvalue weighted by Gasteiger charge is 2.17. The summed E-state index contributed by atoms with van der Waals surface area (Å²) in [5, 5.41) is 19.7. The Labute approximate surface area is 224 Å². The van der Waals surface area contributed by atoms with Crippen LogP contribution >= 0.6 is 0 Å². The van der Waals surface area contributed by atoms with E-state index in [1.54, 1.807) is 24.3 Å². The molecule has 39 heavy (non-hydrogen) atoms. The number of nitrogens with one attached hydrogen (secondary N) is 1. The van der Waals surface area contributed by atoms with Crippen LogP contribution in [0.5, 0.6) is 11.5 Å². The SMILES string of the molecule is CC(Oc1ccc(CC(=O)OCCO)cc1)C(=O)OCCOC(=O)COc1ccc(NC(=O)OCCO)cc1. The van der Waals surface area contributed by atoms with Crippen molar-refractivity contribution in [2.45, 2.75) is 19.4 Å². The maximum Gasteiger partial charge on any atom is 0.411 e. The van der Waals surface area contributed by atoms with E-state index in [1.807, 2.05) is 0 Å². The van der Waals surface area contributed by atoms with E-state index in [9.17, 15) is 19.2 Å². The largest absolute Gasteiger partial charge is 0.482 e. The Balaban J connectivity index is 1.61. The van der Waals surface area contributed by atoms with E-state index < -0.39 is 30.1 Å². The van der Waals surface area contributed by atoms with Gasteiger partial charge in [0.05, 0.1) is 19.6 Å². The highest BCUT2D eigenvalue weighted by Crippen LogP contribution is 2.16. The van der Waals surface area contributed by atoms with Crippen LogP contribution in [-0.2, 0) is 39.8 Å². The van der Waals surface area contributed by atoms with Gasteiger partial charge in [-0.1, -0.05) is 12.1 Å². The van der Waals surface area contributed by atoms with Gasteiger partial charge < -0.3 is 38.6 Å². The van der Waals surface area contributed by atoms with Gasteiger partial charge in [-0.05, 0) is 48.9 Å². The van der Waals surface area contributed by atoms with Crippen molar-refractivity contribution < 1.29 is 57.8 Å². The van der Waals surface area contributed by atoms with Crippen molar-refractivity contribution in [2.75, 3.05) is 51.6 Å². The lowest BCUT2D eigenvalue weighted by Crippen LogP contribution is -2.28. The summed E-state index contributed by atoms with van der Waals surface area (Å²) in [6, 6.07) is 12.6. The molecule has 2 rings (SSSR count). The summed E-state index contributed by atoms with van der Waals surface area (Å²) in [6.45, 7) is 0.0574. The van der Waals surface area contributed by atoms with Crippen LogP contribution in [0.2, 0.25) is 0 Å². The van der Waals surface area contributed by atoms with Crippen molar-refractivity contribution in [2.24, 2.45) is 0 Å². The van der Waals surface area contributed by atoms with Crippen LogP contribution in [-0.4, -0.2) is 86.6 Å². The fourth-order valence-electron chi connectivity index (χ4n) is 2.84. The standard InChI is InChI=1S/C26H31NO12/c1-18(39-22-6-2-19(3-7-22)16-23(30)34-12-10-28)25(32)36-15-14-35-24(31)17-38-21-8-4-20(5-9-21)27-26(33)37-13-11-29/h2-9,18,28-29H,10-17H2,1H3,(H,27,33). The number of benzene rings is 2. The highest BCUT2D eigenvalue weighted by molar-refractivity contribution is 5.84. The molecular formula is C26H31NO12. The molecule has 0 radical (unpaired) electrons. The number of aliphatic hydroxyl groups is 2. The zero-order chi connectivity index (χ0) is 28.5. The van der Waals surface area contributed by atoms with Gasteiger partial charge in [0.15, 0.2) is 12.7 Å². The number of ether oxygens (including phenoxy) is 6. The van der Waals surface area contributed by atoms with E-state index in [0.717, 1.165) is 0 Å². The van der Waals surface area contributed by atoms with E-state index >= 15 is 0 Å². The Morgan fingerprint density at radius 3 is 2.00 bits per heavy atom. The second-order valence-electron chi connectivity index (χ2n) is 7.71. The molecule has 1 unspecified atom stereocenters. The van der Waals surface area contributed by atoms with Crippen LogP contribution in [0.4, 0.5) is 10.5 Å². The summed E-state index contributed by atoms with van der Waals surface area (Å²) in [7, 11) is 0. The molecule has 2 aromatic rings. The second-order valence-corrected chi connectivity index (χ2v) is 7.71. The zero-order valence-electron chi connectivity index (χ0n) is 21.3. The first kappa shape index (κ1) is 30.9. The fraction of sp³-hybridized carbons (Fsp3) is 0.385. The van der Waals surface area contributed by atoms with E-state index in [0.29, 0.717) is 22.7 Å². The van der Waals surface area contributed by atoms with Crippen LogP contribution in [0.3, 0.4) is 0 Å². The minimum Gasteiger partial charge on any atom is -0.482 e. The van der Waals surface area contributed by atoms with Crippen LogP contribution in [0.25, 0.3) is 0 Å². The van der Waals surface area contributed by atoms with Gasteiger partial charge in [-0.3, -0.25) is 10.1 Å². The number of aliphatic hydroxyl groups excluding tert-OH is 2. The summed E-state index contributed by atoms with van der Waals surface area (Å²) >= 11 is 0. The molecule has 1 atom stereocenters. The average Bonchev–Trinajstić information content (AvgIpc) is 2.93. The number of hydrogen-bond donors (Lipinski definition) is 3. The smallest absolute Gasteiger partial charge is 0.411 e. The molecule has 0 aromatic heterocycles. The van der Waals surface area contributed by atoms with Crippen LogP contribution in [0.15, 0.2) is 48.5 Å². The molecule has 13 nitrogen and oxygen atoms in total. The Morgan fingerprint density at radius 1 is 0.744 bits per heavy atom. The third-order valence-electron chi connectivity index (χ3n) is 4.64. The molecule has 13 heteroatoms. The number of hydrogen-bond acceptors (Lipinski definition) is 12. The van der Waals surface area contributed by atoms with Gasteiger partial charge in [-0.25, -0.2) is 14.4 Å². The Bertz CT molecular complexity index is 1060. The minimum atomic E-state index is -0.932. The van der Waals surface area contributed by atoms with Crippen LogP contribution in [0.1, 0.15) is 12.5 Å². The van der Waals surface area contributed by atoms with Crippen molar-refractivity contribution in [1.29, 1.82) is 0 Å². The van der Waals surface area contributed by atoms with Crippen molar-refractivity contribution in [3.63, 3.8) is 0 Å². The molecule has 212 valence electrons. The lowest BCUT2D eigenvalue weighted by Gasteiger charge is -2.14. The van der Waals surface area contributed by atoms with Gasteiger partial charge in [0, 0.05) is 5.69 Å². The molecule has 0 aliphatic rings.